The number of rotatable bonds is 14. The van der Waals surface area contributed by atoms with Gasteiger partial charge in [-0.05, 0) is 54.1 Å². The number of allylic oxidation sites excluding steroid dienone is 1. The van der Waals surface area contributed by atoms with Crippen LogP contribution in [-0.4, -0.2) is 51.5 Å². The summed E-state index contributed by atoms with van der Waals surface area (Å²) in [5, 5.41) is 34.9. The average Bonchev–Trinajstić information content (AvgIpc) is 3.42. The van der Waals surface area contributed by atoms with E-state index in [0.29, 0.717) is 23.5 Å². The minimum absolute atomic E-state index is 0.0209. The molecule has 8 unspecified atom stereocenters. The maximum Gasteiger partial charge on any atom is 0.306 e. The predicted molar refractivity (Wildman–Crippen MR) is 156 cm³/mol. The van der Waals surface area contributed by atoms with Crippen molar-refractivity contribution in [1.29, 1.82) is 0 Å². The van der Waals surface area contributed by atoms with E-state index in [1.54, 1.807) is 19.1 Å². The normalized spacial score (nSPS) is 37.5. The standard InChI is InChI=1S/C34H54O6/c1-6-7-8-9-10-11-12-13-14-15-16-17-27(35)40-21-24-19-25-28-26(32(28,4)5)18-23(3)33(31(25)38)20-22(2)29(36)34(33,39)30(24)37/h19-20,23,25-26,28-30,36-37,39H,6-18,21H2,1-5H3. The van der Waals surface area contributed by atoms with E-state index in [-0.39, 0.29) is 35.6 Å². The first kappa shape index (κ1) is 31.4. The Labute approximate surface area is 241 Å². The molecule has 8 atom stereocenters. The van der Waals surface area contributed by atoms with Crippen LogP contribution < -0.4 is 0 Å². The van der Waals surface area contributed by atoms with E-state index >= 15 is 0 Å². The summed E-state index contributed by atoms with van der Waals surface area (Å²) in [6.07, 6.45) is 14.9. The first-order valence-electron chi connectivity index (χ1n) is 16.1. The Morgan fingerprint density at radius 2 is 1.55 bits per heavy atom. The Kier molecular flexibility index (Phi) is 9.74. The molecule has 4 aliphatic rings. The van der Waals surface area contributed by atoms with Gasteiger partial charge in [-0.2, -0.15) is 0 Å². The minimum Gasteiger partial charge on any atom is -0.461 e. The van der Waals surface area contributed by atoms with E-state index in [0.717, 1.165) is 25.7 Å². The van der Waals surface area contributed by atoms with Gasteiger partial charge in [0.1, 0.15) is 24.4 Å². The van der Waals surface area contributed by atoms with E-state index in [1.807, 2.05) is 6.92 Å². The molecule has 6 nitrogen and oxygen atoms in total. The fourth-order valence-corrected chi connectivity index (χ4v) is 8.59. The van der Waals surface area contributed by atoms with Crippen molar-refractivity contribution in [3.8, 4) is 0 Å². The smallest absolute Gasteiger partial charge is 0.306 e. The highest BCUT2D eigenvalue weighted by Crippen LogP contribution is 2.71. The second-order valence-corrected chi connectivity index (χ2v) is 14.1. The largest absolute Gasteiger partial charge is 0.461 e. The molecule has 0 heterocycles. The predicted octanol–water partition coefficient (Wildman–Crippen LogP) is 6.07. The van der Waals surface area contributed by atoms with Crippen molar-refractivity contribution in [3.63, 3.8) is 0 Å². The number of ketones is 1. The Morgan fingerprint density at radius 3 is 2.15 bits per heavy atom. The summed E-state index contributed by atoms with van der Waals surface area (Å²) in [6.45, 7) is 10.1. The zero-order chi connectivity index (χ0) is 29.3. The van der Waals surface area contributed by atoms with Crippen LogP contribution in [0.25, 0.3) is 0 Å². The molecule has 4 aliphatic carbocycles. The van der Waals surface area contributed by atoms with Gasteiger partial charge in [-0.1, -0.05) is 104 Å². The van der Waals surface area contributed by atoms with Crippen LogP contribution in [0.4, 0.5) is 0 Å². The Morgan fingerprint density at radius 1 is 0.975 bits per heavy atom. The molecule has 2 bridgehead atoms. The van der Waals surface area contributed by atoms with Crippen LogP contribution in [0, 0.1) is 34.5 Å². The Bertz CT molecular complexity index is 996. The van der Waals surface area contributed by atoms with Crippen LogP contribution in [0.1, 0.15) is 118 Å². The van der Waals surface area contributed by atoms with E-state index < -0.39 is 29.1 Å². The lowest BCUT2D eigenvalue weighted by atomic mass is 9.59. The van der Waals surface area contributed by atoms with Gasteiger partial charge in [-0.3, -0.25) is 9.59 Å². The number of esters is 1. The number of ether oxygens (including phenoxy) is 1. The maximum absolute atomic E-state index is 14.3. The van der Waals surface area contributed by atoms with Gasteiger partial charge in [0.2, 0.25) is 0 Å². The lowest BCUT2D eigenvalue weighted by Crippen LogP contribution is -2.65. The topological polar surface area (TPSA) is 104 Å². The number of fused-ring (bicyclic) bond motifs is 3. The van der Waals surface area contributed by atoms with Crippen molar-refractivity contribution in [2.45, 2.75) is 136 Å². The maximum atomic E-state index is 14.3. The molecular formula is C34H54O6. The molecule has 40 heavy (non-hydrogen) atoms. The summed E-state index contributed by atoms with van der Waals surface area (Å²) < 4.78 is 5.61. The average molecular weight is 559 g/mol. The molecule has 0 aliphatic heterocycles. The van der Waals surface area contributed by atoms with Gasteiger partial charge < -0.3 is 20.1 Å². The zero-order valence-electron chi connectivity index (χ0n) is 25.6. The Hall–Kier alpha value is -1.50. The molecule has 2 saturated carbocycles. The van der Waals surface area contributed by atoms with Crippen molar-refractivity contribution in [2.75, 3.05) is 6.61 Å². The van der Waals surface area contributed by atoms with Crippen LogP contribution in [0.2, 0.25) is 0 Å². The summed E-state index contributed by atoms with van der Waals surface area (Å²) >= 11 is 0. The van der Waals surface area contributed by atoms with Crippen molar-refractivity contribution < 1.29 is 29.6 Å². The molecule has 0 aromatic heterocycles. The van der Waals surface area contributed by atoms with Crippen LogP contribution in [0.15, 0.2) is 23.3 Å². The monoisotopic (exact) mass is 558 g/mol. The van der Waals surface area contributed by atoms with E-state index in [4.69, 9.17) is 4.74 Å². The van der Waals surface area contributed by atoms with E-state index in [2.05, 4.69) is 20.8 Å². The SMILES string of the molecule is CCCCCCCCCCCCCC(=O)OCC1=CC2C(=O)C3(C=C(C)C(O)C3(O)C1O)C(C)CC1C2C1(C)C. The van der Waals surface area contributed by atoms with Crippen LogP contribution in [0.3, 0.4) is 0 Å². The van der Waals surface area contributed by atoms with Gasteiger partial charge in [0.25, 0.3) is 0 Å². The summed E-state index contributed by atoms with van der Waals surface area (Å²) in [5.74, 6) is -0.781. The lowest BCUT2D eigenvalue weighted by molar-refractivity contribution is -0.190. The molecule has 226 valence electrons. The minimum atomic E-state index is -2.09. The quantitative estimate of drug-likeness (QED) is 0.136. The first-order chi connectivity index (χ1) is 18.9. The first-order valence-corrected chi connectivity index (χ1v) is 16.1. The van der Waals surface area contributed by atoms with Gasteiger partial charge in [-0.15, -0.1) is 0 Å². The fourth-order valence-electron chi connectivity index (χ4n) is 8.59. The van der Waals surface area contributed by atoms with Crippen molar-refractivity contribution in [2.24, 2.45) is 34.5 Å². The van der Waals surface area contributed by atoms with Gasteiger partial charge in [0.15, 0.2) is 5.78 Å². The molecule has 0 saturated heterocycles. The fraction of sp³-hybridized carbons (Fsp3) is 0.824. The molecule has 0 aromatic rings. The third kappa shape index (κ3) is 5.38. The number of hydrogen-bond donors (Lipinski definition) is 3. The van der Waals surface area contributed by atoms with Crippen LogP contribution in [0.5, 0.6) is 0 Å². The van der Waals surface area contributed by atoms with Gasteiger partial charge in [0.05, 0.1) is 5.41 Å². The molecule has 2 fully saturated rings. The third-order valence-corrected chi connectivity index (χ3v) is 11.1. The molecule has 1 spiro atoms. The number of carbonyl (C=O) groups excluding carboxylic acids is 2. The van der Waals surface area contributed by atoms with Crippen molar-refractivity contribution >= 4 is 11.8 Å². The summed E-state index contributed by atoms with van der Waals surface area (Å²) in [4.78, 5) is 26.9. The number of Topliss-reactive ketones (excluding diaryl/α,β-unsaturated/α-hetero) is 1. The van der Waals surface area contributed by atoms with E-state index in [9.17, 15) is 24.9 Å². The lowest BCUT2D eigenvalue weighted by Gasteiger charge is -2.48. The zero-order valence-corrected chi connectivity index (χ0v) is 25.6. The second-order valence-electron chi connectivity index (χ2n) is 14.1. The highest BCUT2D eigenvalue weighted by Gasteiger charge is 2.75. The van der Waals surface area contributed by atoms with Gasteiger partial charge in [-0.25, -0.2) is 0 Å². The molecule has 0 amide bonds. The molecule has 0 radical (unpaired) electrons. The summed E-state index contributed by atoms with van der Waals surface area (Å²) in [5.41, 5.74) is -2.65. The molecule has 0 aromatic carbocycles. The van der Waals surface area contributed by atoms with Crippen molar-refractivity contribution in [1.82, 2.24) is 0 Å². The third-order valence-electron chi connectivity index (χ3n) is 11.1. The number of aliphatic hydroxyl groups excluding tert-OH is 2. The number of unbranched alkanes of at least 4 members (excludes halogenated alkanes) is 10. The number of carbonyl (C=O) groups is 2. The van der Waals surface area contributed by atoms with Crippen LogP contribution in [-0.2, 0) is 14.3 Å². The van der Waals surface area contributed by atoms with Gasteiger partial charge >= 0.3 is 5.97 Å². The highest BCUT2D eigenvalue weighted by molar-refractivity contribution is 5.95. The molecule has 3 N–H and O–H groups in total. The Balaban J connectivity index is 1.35. The van der Waals surface area contributed by atoms with Gasteiger partial charge in [0, 0.05) is 12.3 Å². The number of aliphatic hydroxyl groups is 3. The van der Waals surface area contributed by atoms with Crippen LogP contribution >= 0.6 is 0 Å². The van der Waals surface area contributed by atoms with Crippen molar-refractivity contribution in [3.05, 3.63) is 23.3 Å². The summed E-state index contributed by atoms with van der Waals surface area (Å²) in [6, 6.07) is 0. The van der Waals surface area contributed by atoms with E-state index in [1.165, 1.54) is 51.4 Å². The number of hydrogen-bond acceptors (Lipinski definition) is 6. The molecule has 6 heteroatoms. The highest BCUT2D eigenvalue weighted by atomic mass is 16.5. The summed E-state index contributed by atoms with van der Waals surface area (Å²) in [7, 11) is 0. The second kappa shape index (κ2) is 12.4. The molecular weight excluding hydrogens is 504 g/mol. The molecule has 4 rings (SSSR count).